The van der Waals surface area contributed by atoms with Crippen LogP contribution in [0.25, 0.3) is 0 Å². The zero-order valence-corrected chi connectivity index (χ0v) is 13.6. The standard InChI is InChI=1S/C15H30N4O2/c1-4-15(7-6-8-15)12-19-14(16-5-2)18-11-13(20)17-9-10-21-3/h4-12H2,1-3H3,(H,17,20)(H2,16,18,19). The van der Waals surface area contributed by atoms with Crippen molar-refractivity contribution in [3.63, 3.8) is 0 Å². The van der Waals surface area contributed by atoms with E-state index in [9.17, 15) is 4.79 Å². The van der Waals surface area contributed by atoms with Gasteiger partial charge in [0, 0.05) is 26.7 Å². The van der Waals surface area contributed by atoms with Crippen molar-refractivity contribution in [1.82, 2.24) is 16.0 Å². The molecule has 0 radical (unpaired) electrons. The topological polar surface area (TPSA) is 74.8 Å². The first kappa shape index (κ1) is 17.8. The number of carbonyl (C=O) groups is 1. The Hall–Kier alpha value is -1.30. The van der Waals surface area contributed by atoms with E-state index >= 15 is 0 Å². The molecule has 1 saturated carbocycles. The van der Waals surface area contributed by atoms with Crippen LogP contribution in [-0.2, 0) is 9.53 Å². The number of amides is 1. The Morgan fingerprint density at radius 3 is 2.52 bits per heavy atom. The number of guanidine groups is 1. The molecule has 1 aliphatic carbocycles. The van der Waals surface area contributed by atoms with Gasteiger partial charge in [-0.15, -0.1) is 0 Å². The van der Waals surface area contributed by atoms with Crippen LogP contribution in [0.1, 0.15) is 39.5 Å². The summed E-state index contributed by atoms with van der Waals surface area (Å²) >= 11 is 0. The molecular formula is C15H30N4O2. The van der Waals surface area contributed by atoms with Gasteiger partial charge >= 0.3 is 0 Å². The van der Waals surface area contributed by atoms with E-state index in [2.05, 4.69) is 27.9 Å². The Kier molecular flexibility index (Phi) is 8.12. The number of ether oxygens (including phenoxy) is 1. The van der Waals surface area contributed by atoms with E-state index in [4.69, 9.17) is 4.74 Å². The number of hydrogen-bond donors (Lipinski definition) is 3. The van der Waals surface area contributed by atoms with Crippen molar-refractivity contribution in [2.45, 2.75) is 39.5 Å². The quantitative estimate of drug-likeness (QED) is 0.336. The maximum absolute atomic E-state index is 11.6. The molecule has 0 atom stereocenters. The van der Waals surface area contributed by atoms with Crippen molar-refractivity contribution >= 4 is 11.9 Å². The normalized spacial score (nSPS) is 17.0. The highest BCUT2D eigenvalue weighted by molar-refractivity contribution is 5.84. The van der Waals surface area contributed by atoms with Gasteiger partial charge in [-0.1, -0.05) is 13.3 Å². The summed E-state index contributed by atoms with van der Waals surface area (Å²) in [6.07, 6.45) is 5.09. The van der Waals surface area contributed by atoms with Crippen molar-refractivity contribution < 1.29 is 9.53 Å². The molecular weight excluding hydrogens is 268 g/mol. The lowest BCUT2D eigenvalue weighted by atomic mass is 9.67. The third kappa shape index (κ3) is 6.33. The summed E-state index contributed by atoms with van der Waals surface area (Å²) in [4.78, 5) is 16.0. The molecule has 1 amide bonds. The van der Waals surface area contributed by atoms with Crippen LogP contribution in [0.3, 0.4) is 0 Å². The summed E-state index contributed by atoms with van der Waals surface area (Å²) < 4.78 is 4.89. The number of nitrogens with zero attached hydrogens (tertiary/aromatic N) is 1. The largest absolute Gasteiger partial charge is 0.383 e. The summed E-state index contributed by atoms with van der Waals surface area (Å²) in [6, 6.07) is 0. The minimum Gasteiger partial charge on any atom is -0.383 e. The second kappa shape index (κ2) is 9.60. The van der Waals surface area contributed by atoms with Gasteiger partial charge in [-0.2, -0.15) is 0 Å². The minimum atomic E-state index is -0.0851. The van der Waals surface area contributed by atoms with Gasteiger partial charge in [-0.05, 0) is 31.6 Å². The second-order valence-electron chi connectivity index (χ2n) is 5.60. The highest BCUT2D eigenvalue weighted by Gasteiger charge is 2.34. The van der Waals surface area contributed by atoms with Crippen molar-refractivity contribution in [3.05, 3.63) is 0 Å². The van der Waals surface area contributed by atoms with E-state index in [1.165, 1.54) is 25.7 Å². The SMILES string of the molecule is CCNC(=NCC(=O)NCCOC)NCC1(CC)CCC1. The molecule has 0 unspecified atom stereocenters. The Labute approximate surface area is 128 Å². The lowest BCUT2D eigenvalue weighted by Gasteiger charge is -2.41. The highest BCUT2D eigenvalue weighted by atomic mass is 16.5. The molecule has 0 aromatic carbocycles. The average Bonchev–Trinajstić information content (AvgIpc) is 2.44. The smallest absolute Gasteiger partial charge is 0.241 e. The zero-order valence-electron chi connectivity index (χ0n) is 13.6. The van der Waals surface area contributed by atoms with Crippen molar-refractivity contribution in [1.29, 1.82) is 0 Å². The highest BCUT2D eigenvalue weighted by Crippen LogP contribution is 2.42. The fourth-order valence-corrected chi connectivity index (χ4v) is 2.44. The third-order valence-electron chi connectivity index (χ3n) is 4.15. The van der Waals surface area contributed by atoms with E-state index in [1.807, 2.05) is 6.92 Å². The number of carbonyl (C=O) groups excluding carboxylic acids is 1. The van der Waals surface area contributed by atoms with Gasteiger partial charge in [0.15, 0.2) is 5.96 Å². The minimum absolute atomic E-state index is 0.0851. The number of methoxy groups -OCH3 is 1. The fourth-order valence-electron chi connectivity index (χ4n) is 2.44. The Bertz CT molecular complexity index is 335. The molecule has 0 aromatic rings. The van der Waals surface area contributed by atoms with Crippen LogP contribution in [0.15, 0.2) is 4.99 Å². The van der Waals surface area contributed by atoms with Crippen LogP contribution < -0.4 is 16.0 Å². The van der Waals surface area contributed by atoms with Crippen LogP contribution in [0.4, 0.5) is 0 Å². The van der Waals surface area contributed by atoms with E-state index in [-0.39, 0.29) is 12.5 Å². The molecule has 0 spiro atoms. The summed E-state index contributed by atoms with van der Waals surface area (Å²) in [5, 5.41) is 9.32. The first-order valence-corrected chi connectivity index (χ1v) is 7.93. The summed E-state index contributed by atoms with van der Waals surface area (Å²) in [6.45, 7) is 7.17. The van der Waals surface area contributed by atoms with Gasteiger partial charge in [0.25, 0.3) is 0 Å². The average molecular weight is 298 g/mol. The van der Waals surface area contributed by atoms with Crippen molar-refractivity contribution in [3.8, 4) is 0 Å². The van der Waals surface area contributed by atoms with E-state index < -0.39 is 0 Å². The first-order valence-electron chi connectivity index (χ1n) is 7.93. The zero-order chi connectivity index (χ0) is 15.6. The molecule has 3 N–H and O–H groups in total. The maximum atomic E-state index is 11.6. The van der Waals surface area contributed by atoms with Crippen LogP contribution in [-0.4, -0.2) is 51.8 Å². The predicted molar refractivity (Wildman–Crippen MR) is 85.4 cm³/mol. The van der Waals surface area contributed by atoms with Gasteiger partial charge < -0.3 is 20.7 Å². The van der Waals surface area contributed by atoms with Crippen LogP contribution in [0.5, 0.6) is 0 Å². The molecule has 0 bridgehead atoms. The molecule has 1 fully saturated rings. The third-order valence-corrected chi connectivity index (χ3v) is 4.15. The lowest BCUT2D eigenvalue weighted by molar-refractivity contribution is -0.119. The molecule has 122 valence electrons. The summed E-state index contributed by atoms with van der Waals surface area (Å²) in [7, 11) is 1.61. The van der Waals surface area contributed by atoms with E-state index in [0.717, 1.165) is 19.0 Å². The second-order valence-corrected chi connectivity index (χ2v) is 5.60. The molecule has 0 heterocycles. The molecule has 0 saturated heterocycles. The number of hydrogen-bond acceptors (Lipinski definition) is 3. The van der Waals surface area contributed by atoms with Gasteiger partial charge in [-0.3, -0.25) is 4.79 Å². The fraction of sp³-hybridized carbons (Fsp3) is 0.867. The Morgan fingerprint density at radius 1 is 1.24 bits per heavy atom. The number of rotatable bonds is 9. The summed E-state index contributed by atoms with van der Waals surface area (Å²) in [5.41, 5.74) is 0.427. The molecule has 6 heteroatoms. The summed E-state index contributed by atoms with van der Waals surface area (Å²) in [5.74, 6) is 0.636. The molecule has 1 aliphatic rings. The van der Waals surface area contributed by atoms with E-state index in [1.54, 1.807) is 7.11 Å². The molecule has 6 nitrogen and oxygen atoms in total. The van der Waals surface area contributed by atoms with Crippen molar-refractivity contribution in [2.75, 3.05) is 39.9 Å². The number of aliphatic imine (C=N–C) groups is 1. The van der Waals surface area contributed by atoms with Crippen molar-refractivity contribution in [2.24, 2.45) is 10.4 Å². The maximum Gasteiger partial charge on any atom is 0.241 e. The molecule has 0 aliphatic heterocycles. The first-order chi connectivity index (χ1) is 10.2. The Morgan fingerprint density at radius 2 is 2.00 bits per heavy atom. The predicted octanol–water partition coefficient (Wildman–Crippen LogP) is 0.884. The van der Waals surface area contributed by atoms with Gasteiger partial charge in [0.2, 0.25) is 5.91 Å². The molecule has 0 aromatic heterocycles. The molecule has 21 heavy (non-hydrogen) atoms. The number of nitrogens with one attached hydrogen (secondary N) is 3. The van der Waals surface area contributed by atoms with Crippen LogP contribution in [0.2, 0.25) is 0 Å². The van der Waals surface area contributed by atoms with Crippen LogP contribution >= 0.6 is 0 Å². The van der Waals surface area contributed by atoms with Gasteiger partial charge in [0.05, 0.1) is 6.61 Å². The van der Waals surface area contributed by atoms with Gasteiger partial charge in [0.1, 0.15) is 6.54 Å². The van der Waals surface area contributed by atoms with Gasteiger partial charge in [-0.25, -0.2) is 4.99 Å². The van der Waals surface area contributed by atoms with E-state index in [0.29, 0.717) is 18.6 Å². The monoisotopic (exact) mass is 298 g/mol. The molecule has 1 rings (SSSR count). The lowest BCUT2D eigenvalue weighted by Crippen LogP contribution is -2.46. The Balaban J connectivity index is 2.36. The van der Waals surface area contributed by atoms with Crippen LogP contribution in [0, 0.1) is 5.41 Å².